The standard InChI is InChI=1S/C13H19N3O3/c1-19-10-2-3-12(11(14)6-10)15-13(18)8-16-5-4-9(17)7-16/h2-3,6,9,17H,4-5,7-8,14H2,1H3,(H,15,18). The van der Waals surface area contributed by atoms with Crippen LogP contribution < -0.4 is 15.8 Å². The second-order valence-corrected chi connectivity index (χ2v) is 4.68. The molecule has 1 aliphatic rings. The first-order chi connectivity index (χ1) is 9.08. The lowest BCUT2D eigenvalue weighted by atomic mass is 10.2. The third-order valence-electron chi connectivity index (χ3n) is 3.15. The van der Waals surface area contributed by atoms with E-state index < -0.39 is 0 Å². The number of carbonyl (C=O) groups is 1. The van der Waals surface area contributed by atoms with E-state index in [0.717, 1.165) is 13.0 Å². The van der Waals surface area contributed by atoms with E-state index in [1.807, 2.05) is 4.90 Å². The van der Waals surface area contributed by atoms with Crippen LogP contribution in [-0.4, -0.2) is 48.8 Å². The molecular formula is C13H19N3O3. The van der Waals surface area contributed by atoms with Crippen molar-refractivity contribution < 1.29 is 14.6 Å². The van der Waals surface area contributed by atoms with Crippen LogP contribution >= 0.6 is 0 Å². The number of nitrogens with one attached hydrogen (secondary N) is 1. The quantitative estimate of drug-likeness (QED) is 0.681. The Morgan fingerprint density at radius 3 is 3.00 bits per heavy atom. The van der Waals surface area contributed by atoms with Gasteiger partial charge in [-0.1, -0.05) is 0 Å². The van der Waals surface area contributed by atoms with Gasteiger partial charge in [0.1, 0.15) is 5.75 Å². The van der Waals surface area contributed by atoms with E-state index >= 15 is 0 Å². The number of likely N-dealkylation sites (tertiary alicyclic amines) is 1. The monoisotopic (exact) mass is 265 g/mol. The SMILES string of the molecule is COc1ccc(NC(=O)CN2CCC(O)C2)c(N)c1. The average molecular weight is 265 g/mol. The fourth-order valence-electron chi connectivity index (χ4n) is 2.13. The number of hydrogen-bond donors (Lipinski definition) is 3. The smallest absolute Gasteiger partial charge is 0.238 e. The summed E-state index contributed by atoms with van der Waals surface area (Å²) < 4.78 is 5.05. The Kier molecular flexibility index (Phi) is 4.24. The topological polar surface area (TPSA) is 87.8 Å². The molecule has 1 unspecified atom stereocenters. The number of nitrogen functional groups attached to an aromatic ring is 1. The molecule has 19 heavy (non-hydrogen) atoms. The van der Waals surface area contributed by atoms with E-state index in [1.165, 1.54) is 0 Å². The predicted molar refractivity (Wildman–Crippen MR) is 73.1 cm³/mol. The summed E-state index contributed by atoms with van der Waals surface area (Å²) in [5, 5.41) is 12.2. The van der Waals surface area contributed by atoms with Gasteiger partial charge >= 0.3 is 0 Å². The summed E-state index contributed by atoms with van der Waals surface area (Å²) in [6.45, 7) is 1.56. The van der Waals surface area contributed by atoms with Crippen molar-refractivity contribution >= 4 is 17.3 Å². The fourth-order valence-corrected chi connectivity index (χ4v) is 2.13. The van der Waals surface area contributed by atoms with Gasteiger partial charge in [0.2, 0.25) is 5.91 Å². The number of carbonyl (C=O) groups excluding carboxylic acids is 1. The molecule has 1 saturated heterocycles. The summed E-state index contributed by atoms with van der Waals surface area (Å²) in [7, 11) is 1.56. The fraction of sp³-hybridized carbons (Fsp3) is 0.462. The minimum absolute atomic E-state index is 0.133. The Morgan fingerprint density at radius 1 is 1.63 bits per heavy atom. The molecule has 4 N–H and O–H groups in total. The zero-order valence-electron chi connectivity index (χ0n) is 10.9. The van der Waals surface area contributed by atoms with E-state index in [2.05, 4.69) is 5.32 Å². The molecular weight excluding hydrogens is 246 g/mol. The van der Waals surface area contributed by atoms with Crippen LogP contribution in [0, 0.1) is 0 Å². The molecule has 0 bridgehead atoms. The third kappa shape index (κ3) is 3.59. The van der Waals surface area contributed by atoms with Gasteiger partial charge in [0.05, 0.1) is 31.1 Å². The summed E-state index contributed by atoms with van der Waals surface area (Å²) in [5.41, 5.74) is 6.87. The second-order valence-electron chi connectivity index (χ2n) is 4.68. The highest BCUT2D eigenvalue weighted by atomic mass is 16.5. The van der Waals surface area contributed by atoms with Gasteiger partial charge in [-0.2, -0.15) is 0 Å². The van der Waals surface area contributed by atoms with Crippen LogP contribution in [0.1, 0.15) is 6.42 Å². The van der Waals surface area contributed by atoms with Crippen molar-refractivity contribution in [2.45, 2.75) is 12.5 Å². The molecule has 0 aromatic heterocycles. The predicted octanol–water partition coefficient (Wildman–Crippen LogP) is 0.282. The van der Waals surface area contributed by atoms with Gasteiger partial charge in [0.25, 0.3) is 0 Å². The number of benzene rings is 1. The molecule has 2 rings (SSSR count). The molecule has 1 atom stereocenters. The van der Waals surface area contributed by atoms with Crippen molar-refractivity contribution in [1.29, 1.82) is 0 Å². The molecule has 1 heterocycles. The first-order valence-electron chi connectivity index (χ1n) is 6.22. The van der Waals surface area contributed by atoms with Gasteiger partial charge in [-0.3, -0.25) is 9.69 Å². The normalized spacial score (nSPS) is 19.4. The van der Waals surface area contributed by atoms with Gasteiger partial charge in [0, 0.05) is 19.2 Å². The number of ether oxygens (including phenoxy) is 1. The zero-order valence-corrected chi connectivity index (χ0v) is 10.9. The Bertz CT molecular complexity index is 464. The van der Waals surface area contributed by atoms with E-state index in [9.17, 15) is 9.90 Å². The molecule has 0 spiro atoms. The molecule has 1 aliphatic heterocycles. The van der Waals surface area contributed by atoms with Crippen LogP contribution in [0.3, 0.4) is 0 Å². The highest BCUT2D eigenvalue weighted by Gasteiger charge is 2.22. The zero-order chi connectivity index (χ0) is 13.8. The van der Waals surface area contributed by atoms with E-state index in [-0.39, 0.29) is 18.6 Å². The van der Waals surface area contributed by atoms with E-state index in [1.54, 1.807) is 25.3 Å². The van der Waals surface area contributed by atoms with Crippen molar-refractivity contribution in [3.8, 4) is 5.75 Å². The number of β-amino-alcohol motifs (C(OH)–C–C–N with tert-alkyl or cyclic N) is 1. The molecule has 0 aliphatic carbocycles. The number of methoxy groups -OCH3 is 1. The number of aliphatic hydroxyl groups is 1. The molecule has 6 heteroatoms. The maximum absolute atomic E-state index is 11.9. The molecule has 6 nitrogen and oxygen atoms in total. The van der Waals surface area contributed by atoms with E-state index in [0.29, 0.717) is 23.7 Å². The first kappa shape index (κ1) is 13.6. The van der Waals surface area contributed by atoms with Crippen molar-refractivity contribution in [2.24, 2.45) is 0 Å². The van der Waals surface area contributed by atoms with Crippen LogP contribution in [0.4, 0.5) is 11.4 Å². The molecule has 1 aromatic rings. The number of nitrogens with two attached hydrogens (primary N) is 1. The summed E-state index contributed by atoms with van der Waals surface area (Å²) in [6.07, 6.45) is 0.400. The van der Waals surface area contributed by atoms with Crippen molar-refractivity contribution in [2.75, 3.05) is 37.8 Å². The van der Waals surface area contributed by atoms with Gasteiger partial charge in [0.15, 0.2) is 0 Å². The summed E-state index contributed by atoms with van der Waals surface area (Å²) >= 11 is 0. The lowest BCUT2D eigenvalue weighted by molar-refractivity contribution is -0.117. The maximum Gasteiger partial charge on any atom is 0.238 e. The molecule has 1 aromatic carbocycles. The van der Waals surface area contributed by atoms with Crippen LogP contribution in [0.2, 0.25) is 0 Å². The number of aliphatic hydroxyl groups excluding tert-OH is 1. The number of rotatable bonds is 4. The lowest BCUT2D eigenvalue weighted by Crippen LogP contribution is -2.32. The summed E-state index contributed by atoms with van der Waals surface area (Å²) in [5.74, 6) is 0.518. The largest absolute Gasteiger partial charge is 0.497 e. The summed E-state index contributed by atoms with van der Waals surface area (Å²) in [6, 6.07) is 5.12. The minimum atomic E-state index is -0.321. The molecule has 0 radical (unpaired) electrons. The van der Waals surface area contributed by atoms with Gasteiger partial charge in [-0.25, -0.2) is 0 Å². The van der Waals surface area contributed by atoms with Crippen molar-refractivity contribution in [3.05, 3.63) is 18.2 Å². The Balaban J connectivity index is 1.91. The Labute approximate surface area is 112 Å². The maximum atomic E-state index is 11.9. The van der Waals surface area contributed by atoms with Crippen LogP contribution in [0.25, 0.3) is 0 Å². The first-order valence-corrected chi connectivity index (χ1v) is 6.22. The summed E-state index contributed by atoms with van der Waals surface area (Å²) in [4.78, 5) is 13.8. The van der Waals surface area contributed by atoms with Crippen LogP contribution in [0.5, 0.6) is 5.75 Å². The van der Waals surface area contributed by atoms with E-state index in [4.69, 9.17) is 10.5 Å². The Morgan fingerprint density at radius 2 is 2.42 bits per heavy atom. The number of anilines is 2. The van der Waals surface area contributed by atoms with Gasteiger partial charge in [-0.05, 0) is 18.6 Å². The molecule has 1 amide bonds. The van der Waals surface area contributed by atoms with Gasteiger partial charge in [-0.15, -0.1) is 0 Å². The molecule has 1 fully saturated rings. The minimum Gasteiger partial charge on any atom is -0.497 e. The lowest BCUT2D eigenvalue weighted by Gasteiger charge is -2.15. The number of nitrogens with zero attached hydrogens (tertiary/aromatic N) is 1. The highest BCUT2D eigenvalue weighted by molar-refractivity contribution is 5.95. The molecule has 104 valence electrons. The third-order valence-corrected chi connectivity index (χ3v) is 3.15. The van der Waals surface area contributed by atoms with Crippen molar-refractivity contribution in [1.82, 2.24) is 4.90 Å². The highest BCUT2D eigenvalue weighted by Crippen LogP contribution is 2.24. The van der Waals surface area contributed by atoms with Crippen LogP contribution in [-0.2, 0) is 4.79 Å². The average Bonchev–Trinajstić information content (AvgIpc) is 2.77. The van der Waals surface area contributed by atoms with Crippen LogP contribution in [0.15, 0.2) is 18.2 Å². The number of amides is 1. The number of hydrogen-bond acceptors (Lipinski definition) is 5. The van der Waals surface area contributed by atoms with Crippen molar-refractivity contribution in [3.63, 3.8) is 0 Å². The second kappa shape index (κ2) is 5.90. The van der Waals surface area contributed by atoms with Gasteiger partial charge < -0.3 is 20.9 Å². The molecule has 0 saturated carbocycles. The Hall–Kier alpha value is -1.79.